The summed E-state index contributed by atoms with van der Waals surface area (Å²) in [5.74, 6) is 0.754. The summed E-state index contributed by atoms with van der Waals surface area (Å²) >= 11 is 0. The number of carbonyl (C=O) groups is 2. The molecule has 0 spiro atoms. The van der Waals surface area contributed by atoms with Crippen LogP contribution in [0.1, 0.15) is 91.4 Å². The van der Waals surface area contributed by atoms with Gasteiger partial charge in [-0.15, -0.1) is 0 Å². The molecule has 170 valence electrons. The van der Waals surface area contributed by atoms with E-state index in [1.807, 2.05) is 0 Å². The zero-order chi connectivity index (χ0) is 22.5. The molecule has 0 radical (unpaired) electrons. The molecule has 1 aliphatic carbocycles. The Morgan fingerprint density at radius 2 is 1.97 bits per heavy atom. The van der Waals surface area contributed by atoms with Crippen LogP contribution in [0.4, 0.5) is 5.82 Å². The van der Waals surface area contributed by atoms with Crippen LogP contribution in [0, 0.1) is 6.92 Å². The number of unbranched alkanes of at least 4 members (excludes halogenated alkanes) is 1. The second-order valence-corrected chi connectivity index (χ2v) is 9.08. The molecule has 1 aliphatic heterocycles. The maximum Gasteiger partial charge on any atom is 0.311 e. The number of aryl methyl sites for hydroxylation is 3. The summed E-state index contributed by atoms with van der Waals surface area (Å²) in [4.78, 5) is 37.1. The molecular weight excluding hydrogens is 404 g/mol. The number of hydrogen-bond acceptors (Lipinski definition) is 6. The van der Waals surface area contributed by atoms with Gasteiger partial charge in [-0.05, 0) is 75.3 Å². The number of hydrogen-bond donors (Lipinski definition) is 2. The van der Waals surface area contributed by atoms with Gasteiger partial charge in [-0.3, -0.25) is 9.59 Å². The number of carbonyl (C=O) groups excluding carboxylic acids is 1. The molecule has 3 heterocycles. The van der Waals surface area contributed by atoms with Gasteiger partial charge in [0.1, 0.15) is 17.4 Å². The number of carboxylic acids is 1. The van der Waals surface area contributed by atoms with Crippen LogP contribution < -0.4 is 5.32 Å². The summed E-state index contributed by atoms with van der Waals surface area (Å²) in [6, 6.07) is 2.37. The van der Waals surface area contributed by atoms with E-state index >= 15 is 0 Å². The number of fused-ring (bicyclic) bond motifs is 1. The largest absolute Gasteiger partial charge is 0.481 e. The van der Waals surface area contributed by atoms with Gasteiger partial charge < -0.3 is 10.4 Å². The second-order valence-electron chi connectivity index (χ2n) is 9.08. The zero-order valence-electron chi connectivity index (χ0n) is 18.8. The predicted octanol–water partition coefficient (Wildman–Crippen LogP) is 4.35. The van der Waals surface area contributed by atoms with Crippen molar-refractivity contribution in [1.82, 2.24) is 15.0 Å². The Bertz CT molecular complexity index is 970. The molecule has 1 fully saturated rings. The van der Waals surface area contributed by atoms with Gasteiger partial charge in [0.25, 0.3) is 0 Å². The summed E-state index contributed by atoms with van der Waals surface area (Å²) in [6.07, 6.45) is 11.5. The van der Waals surface area contributed by atoms with Gasteiger partial charge in [-0.2, -0.15) is 0 Å². The fourth-order valence-corrected chi connectivity index (χ4v) is 4.45. The maximum atomic E-state index is 12.4. The van der Waals surface area contributed by atoms with E-state index in [0.29, 0.717) is 23.7 Å². The highest BCUT2D eigenvalue weighted by molar-refractivity contribution is 5.80. The van der Waals surface area contributed by atoms with Crippen LogP contribution in [0.5, 0.6) is 0 Å². The molecule has 0 amide bonds. The molecule has 2 N–H and O–H groups in total. The van der Waals surface area contributed by atoms with Crippen LogP contribution in [0.15, 0.2) is 18.5 Å². The Kier molecular flexibility index (Phi) is 7.12. The van der Waals surface area contributed by atoms with Crippen molar-refractivity contribution in [3.05, 3.63) is 46.7 Å². The van der Waals surface area contributed by atoms with Crippen molar-refractivity contribution in [1.29, 1.82) is 0 Å². The first-order chi connectivity index (χ1) is 15.5. The average molecular weight is 437 g/mol. The van der Waals surface area contributed by atoms with Crippen LogP contribution in [0.2, 0.25) is 0 Å². The third kappa shape index (κ3) is 5.69. The number of carboxylic acid groups (broad SMARTS) is 1. The lowest BCUT2D eigenvalue weighted by Gasteiger charge is -2.20. The third-order valence-corrected chi connectivity index (χ3v) is 6.48. The van der Waals surface area contributed by atoms with Crippen LogP contribution in [-0.2, 0) is 22.4 Å². The fraction of sp³-hybridized carbons (Fsp3) is 0.560. The first-order valence-corrected chi connectivity index (χ1v) is 11.8. The van der Waals surface area contributed by atoms with E-state index in [4.69, 9.17) is 4.98 Å². The minimum atomic E-state index is -0.940. The van der Waals surface area contributed by atoms with Gasteiger partial charge in [-0.25, -0.2) is 15.0 Å². The topological polar surface area (TPSA) is 105 Å². The van der Waals surface area contributed by atoms with E-state index in [2.05, 4.69) is 21.4 Å². The van der Waals surface area contributed by atoms with Gasteiger partial charge in [0, 0.05) is 43.0 Å². The van der Waals surface area contributed by atoms with Crippen LogP contribution in [0.3, 0.4) is 0 Å². The number of anilines is 1. The quantitative estimate of drug-likeness (QED) is 0.505. The highest BCUT2D eigenvalue weighted by atomic mass is 16.4. The van der Waals surface area contributed by atoms with Crippen LogP contribution >= 0.6 is 0 Å². The number of aromatic nitrogens is 3. The number of pyridine rings is 1. The molecule has 2 aromatic rings. The minimum Gasteiger partial charge on any atom is -0.481 e. The number of rotatable bonds is 11. The average Bonchev–Trinajstić information content (AvgIpc) is 3.62. The second kappa shape index (κ2) is 10.2. The van der Waals surface area contributed by atoms with E-state index in [-0.39, 0.29) is 18.6 Å². The van der Waals surface area contributed by atoms with Crippen molar-refractivity contribution in [3.63, 3.8) is 0 Å². The number of ketones is 1. The van der Waals surface area contributed by atoms with Gasteiger partial charge in [-0.1, -0.05) is 6.07 Å². The van der Waals surface area contributed by atoms with Gasteiger partial charge in [0.05, 0.1) is 5.92 Å². The summed E-state index contributed by atoms with van der Waals surface area (Å²) in [6.45, 7) is 2.75. The van der Waals surface area contributed by atoms with E-state index in [9.17, 15) is 14.7 Å². The first-order valence-electron chi connectivity index (χ1n) is 11.8. The number of Topliss-reactive ketones (excluding diaryl/α,β-unsaturated/α-hetero) is 1. The lowest BCUT2D eigenvalue weighted by atomic mass is 9.94. The lowest BCUT2D eigenvalue weighted by Crippen LogP contribution is -2.15. The Morgan fingerprint density at radius 3 is 2.69 bits per heavy atom. The molecule has 4 rings (SSSR count). The molecule has 1 unspecified atom stereocenters. The molecular formula is C25H32N4O3. The monoisotopic (exact) mass is 436 g/mol. The molecule has 0 bridgehead atoms. The van der Waals surface area contributed by atoms with Crippen LogP contribution in [-0.4, -0.2) is 38.4 Å². The Hall–Kier alpha value is -2.83. The number of nitrogens with zero attached hydrogens (tertiary/aromatic N) is 3. The van der Waals surface area contributed by atoms with E-state index in [1.54, 1.807) is 19.3 Å². The van der Waals surface area contributed by atoms with E-state index < -0.39 is 11.9 Å². The van der Waals surface area contributed by atoms with Gasteiger partial charge in [0.2, 0.25) is 0 Å². The molecule has 7 nitrogen and oxygen atoms in total. The summed E-state index contributed by atoms with van der Waals surface area (Å²) < 4.78 is 0. The SMILES string of the molecule is Cc1ncc(C(CCC(=O)CCCCc2nc3c(cc2C2CC2)CCCN3)C(=O)O)cn1. The molecule has 1 saturated carbocycles. The highest BCUT2D eigenvalue weighted by Crippen LogP contribution is 2.43. The number of nitrogens with one attached hydrogen (secondary N) is 1. The van der Waals surface area contributed by atoms with Crippen molar-refractivity contribution in [3.8, 4) is 0 Å². The van der Waals surface area contributed by atoms with E-state index in [0.717, 1.165) is 38.0 Å². The molecule has 0 aromatic carbocycles. The van der Waals surface area contributed by atoms with Crippen molar-refractivity contribution < 1.29 is 14.7 Å². The zero-order valence-corrected chi connectivity index (χ0v) is 18.8. The molecule has 2 aromatic heterocycles. The first kappa shape index (κ1) is 22.4. The van der Waals surface area contributed by atoms with Crippen molar-refractivity contribution in [2.75, 3.05) is 11.9 Å². The standard InChI is InChI=1S/C25H32N4O3/c1-16-27-14-19(15-28-16)21(25(31)32)11-10-20(30)6-2-3-7-23-22(17-8-9-17)13-18-5-4-12-26-24(18)29-23/h13-15,17,21H,2-12H2,1H3,(H,26,29)(H,31,32). The Labute approximate surface area is 189 Å². The summed E-state index contributed by atoms with van der Waals surface area (Å²) in [5, 5.41) is 13.0. The summed E-state index contributed by atoms with van der Waals surface area (Å²) in [7, 11) is 0. The molecule has 32 heavy (non-hydrogen) atoms. The van der Waals surface area contributed by atoms with E-state index in [1.165, 1.54) is 36.1 Å². The maximum absolute atomic E-state index is 12.4. The van der Waals surface area contributed by atoms with Crippen molar-refractivity contribution in [2.45, 2.75) is 83.0 Å². The lowest BCUT2D eigenvalue weighted by molar-refractivity contribution is -0.139. The smallest absolute Gasteiger partial charge is 0.311 e. The summed E-state index contributed by atoms with van der Waals surface area (Å²) in [5.41, 5.74) is 4.52. The van der Waals surface area contributed by atoms with Crippen molar-refractivity contribution >= 4 is 17.6 Å². The normalized spacial score (nSPS) is 16.2. The Balaban J connectivity index is 1.25. The van der Waals surface area contributed by atoms with Crippen LogP contribution in [0.25, 0.3) is 0 Å². The molecule has 2 aliphatic rings. The molecule has 0 saturated heterocycles. The predicted molar refractivity (Wildman–Crippen MR) is 122 cm³/mol. The third-order valence-electron chi connectivity index (χ3n) is 6.48. The fourth-order valence-electron chi connectivity index (χ4n) is 4.45. The van der Waals surface area contributed by atoms with Gasteiger partial charge >= 0.3 is 5.97 Å². The molecule has 7 heteroatoms. The minimum absolute atomic E-state index is 0.117. The van der Waals surface area contributed by atoms with Crippen molar-refractivity contribution in [2.24, 2.45) is 0 Å². The number of aliphatic carboxylic acids is 1. The molecule has 1 atom stereocenters. The van der Waals surface area contributed by atoms with Gasteiger partial charge in [0.15, 0.2) is 0 Å². The Morgan fingerprint density at radius 1 is 1.19 bits per heavy atom. The highest BCUT2D eigenvalue weighted by Gasteiger charge is 2.28.